The molecule has 2 aromatic carbocycles. The summed E-state index contributed by atoms with van der Waals surface area (Å²) in [4.78, 5) is 15.2. The fraction of sp³-hybridized carbons (Fsp3) is 0.333. The number of nitrogens with one attached hydrogen (secondary N) is 1. The topological polar surface area (TPSA) is 65.9 Å². The van der Waals surface area contributed by atoms with Crippen molar-refractivity contribution < 1.29 is 4.74 Å². The van der Waals surface area contributed by atoms with Crippen molar-refractivity contribution in [1.82, 2.24) is 4.98 Å². The Morgan fingerprint density at radius 3 is 2.86 bits per heavy atom. The molecule has 0 unspecified atom stereocenters. The van der Waals surface area contributed by atoms with Crippen LogP contribution in [0.25, 0.3) is 10.9 Å². The molecule has 0 amide bonds. The van der Waals surface area contributed by atoms with Crippen LogP contribution in [0.1, 0.15) is 43.4 Å². The highest BCUT2D eigenvalue weighted by Gasteiger charge is 2.33. The number of aryl methyl sites for hydroxylation is 2. The third-order valence-corrected chi connectivity index (χ3v) is 5.83. The van der Waals surface area contributed by atoms with Gasteiger partial charge in [-0.05, 0) is 60.9 Å². The number of aromatic nitrogens is 1. The Morgan fingerprint density at radius 1 is 1.25 bits per heavy atom. The van der Waals surface area contributed by atoms with Gasteiger partial charge in [0.25, 0.3) is 5.56 Å². The van der Waals surface area contributed by atoms with Crippen molar-refractivity contribution in [3.8, 4) is 11.8 Å². The second kappa shape index (κ2) is 7.16. The number of ether oxygens (including phenoxy) is 1. The first kappa shape index (κ1) is 18.3. The fourth-order valence-electron chi connectivity index (χ4n) is 4.06. The first-order chi connectivity index (χ1) is 13.5. The fourth-order valence-corrected chi connectivity index (χ4v) is 4.06. The van der Waals surface area contributed by atoms with Gasteiger partial charge in [-0.25, -0.2) is 0 Å². The maximum absolute atomic E-state index is 12.2. The highest BCUT2D eigenvalue weighted by atomic mass is 16.5. The van der Waals surface area contributed by atoms with Gasteiger partial charge < -0.3 is 9.72 Å². The summed E-state index contributed by atoms with van der Waals surface area (Å²) in [6.45, 7) is 3.93. The molecule has 0 aliphatic carbocycles. The van der Waals surface area contributed by atoms with Gasteiger partial charge in [-0.1, -0.05) is 37.3 Å². The average Bonchev–Trinajstić information content (AvgIpc) is 2.72. The molecular weight excluding hydrogens is 348 g/mol. The average molecular weight is 372 g/mol. The molecule has 0 fully saturated rings. The van der Waals surface area contributed by atoms with Crippen LogP contribution in [0.3, 0.4) is 0 Å². The lowest BCUT2D eigenvalue weighted by Gasteiger charge is -2.32. The predicted molar refractivity (Wildman–Crippen MR) is 111 cm³/mol. The van der Waals surface area contributed by atoms with Crippen LogP contribution in [0.15, 0.2) is 53.3 Å². The Kier molecular flexibility index (Phi) is 4.68. The van der Waals surface area contributed by atoms with Crippen LogP contribution >= 0.6 is 0 Å². The Labute approximate surface area is 164 Å². The van der Waals surface area contributed by atoms with Crippen LogP contribution in [-0.4, -0.2) is 11.1 Å². The Bertz CT molecular complexity index is 1130. The highest BCUT2D eigenvalue weighted by molar-refractivity contribution is 5.80. The SMILES string of the molecule is CCc1cc2ccc([C@](C)(C#N)C[C@H]3CCc4ccccc4O3)cc2[nH]c1=O. The predicted octanol–water partition coefficient (Wildman–Crippen LogP) is 4.66. The molecule has 0 saturated heterocycles. The lowest BCUT2D eigenvalue weighted by Crippen LogP contribution is -2.32. The summed E-state index contributed by atoms with van der Waals surface area (Å²) in [6.07, 6.45) is 3.17. The molecule has 4 nitrogen and oxygen atoms in total. The van der Waals surface area contributed by atoms with Crippen LogP contribution < -0.4 is 10.3 Å². The summed E-state index contributed by atoms with van der Waals surface area (Å²) in [7, 11) is 0. The molecule has 1 N–H and O–H groups in total. The number of nitriles is 1. The first-order valence-electron chi connectivity index (χ1n) is 9.84. The van der Waals surface area contributed by atoms with E-state index in [1.807, 2.05) is 56.3 Å². The Hall–Kier alpha value is -3.06. The van der Waals surface area contributed by atoms with E-state index >= 15 is 0 Å². The van der Waals surface area contributed by atoms with Gasteiger partial charge in [-0.2, -0.15) is 5.26 Å². The second-order valence-corrected chi connectivity index (χ2v) is 7.81. The van der Waals surface area contributed by atoms with Crippen LogP contribution in [-0.2, 0) is 18.3 Å². The smallest absolute Gasteiger partial charge is 0.251 e. The number of para-hydroxylation sites is 1. The van der Waals surface area contributed by atoms with Crippen LogP contribution in [0.5, 0.6) is 5.75 Å². The Balaban J connectivity index is 1.64. The molecule has 1 aliphatic heterocycles. The number of rotatable bonds is 4. The number of aromatic amines is 1. The number of pyridine rings is 1. The van der Waals surface area contributed by atoms with Crippen molar-refractivity contribution in [2.24, 2.45) is 0 Å². The van der Waals surface area contributed by atoms with E-state index in [-0.39, 0.29) is 11.7 Å². The van der Waals surface area contributed by atoms with E-state index in [1.165, 1.54) is 5.56 Å². The number of H-pyrrole nitrogens is 1. The van der Waals surface area contributed by atoms with Crippen LogP contribution in [0, 0.1) is 11.3 Å². The molecule has 2 heterocycles. The lowest BCUT2D eigenvalue weighted by atomic mass is 9.77. The van der Waals surface area contributed by atoms with E-state index < -0.39 is 5.41 Å². The van der Waals surface area contributed by atoms with Gasteiger partial charge in [0.15, 0.2) is 0 Å². The van der Waals surface area contributed by atoms with Gasteiger partial charge in [0.05, 0.1) is 11.5 Å². The molecule has 1 aromatic heterocycles. The number of benzene rings is 2. The van der Waals surface area contributed by atoms with Crippen molar-refractivity contribution in [3.63, 3.8) is 0 Å². The molecule has 28 heavy (non-hydrogen) atoms. The zero-order valence-corrected chi connectivity index (χ0v) is 16.3. The van der Waals surface area contributed by atoms with E-state index in [2.05, 4.69) is 17.1 Å². The maximum atomic E-state index is 12.2. The van der Waals surface area contributed by atoms with E-state index in [0.717, 1.165) is 40.6 Å². The largest absolute Gasteiger partial charge is 0.490 e. The molecule has 4 rings (SSSR count). The monoisotopic (exact) mass is 372 g/mol. The summed E-state index contributed by atoms with van der Waals surface area (Å²) < 4.78 is 6.18. The quantitative estimate of drug-likeness (QED) is 0.724. The minimum atomic E-state index is -0.689. The van der Waals surface area contributed by atoms with Gasteiger partial charge in [-0.15, -0.1) is 0 Å². The van der Waals surface area contributed by atoms with Gasteiger partial charge in [0.2, 0.25) is 0 Å². The number of nitrogens with zero attached hydrogens (tertiary/aromatic N) is 1. The normalized spacial score (nSPS) is 18.0. The molecule has 0 bridgehead atoms. The minimum Gasteiger partial charge on any atom is -0.490 e. The van der Waals surface area contributed by atoms with E-state index in [9.17, 15) is 10.1 Å². The van der Waals surface area contributed by atoms with Crippen molar-refractivity contribution in [3.05, 3.63) is 75.6 Å². The highest BCUT2D eigenvalue weighted by Crippen LogP contribution is 2.35. The van der Waals surface area contributed by atoms with E-state index in [4.69, 9.17) is 4.74 Å². The third-order valence-electron chi connectivity index (χ3n) is 5.83. The molecule has 1 aliphatic rings. The molecule has 0 saturated carbocycles. The zero-order chi connectivity index (χ0) is 19.7. The van der Waals surface area contributed by atoms with Crippen molar-refractivity contribution in [1.29, 1.82) is 5.26 Å². The Morgan fingerprint density at radius 2 is 2.07 bits per heavy atom. The number of fused-ring (bicyclic) bond motifs is 2. The van der Waals surface area contributed by atoms with Crippen LogP contribution in [0.4, 0.5) is 0 Å². The molecule has 142 valence electrons. The summed E-state index contributed by atoms with van der Waals surface area (Å²) in [5.41, 5.74) is 2.94. The van der Waals surface area contributed by atoms with Crippen molar-refractivity contribution >= 4 is 10.9 Å². The van der Waals surface area contributed by atoms with Gasteiger partial charge in [-0.3, -0.25) is 4.79 Å². The molecule has 3 aromatic rings. The molecular formula is C24H24N2O2. The summed E-state index contributed by atoms with van der Waals surface area (Å²) >= 11 is 0. The van der Waals surface area contributed by atoms with Crippen molar-refractivity contribution in [2.75, 3.05) is 0 Å². The van der Waals surface area contributed by atoms with E-state index in [0.29, 0.717) is 12.8 Å². The summed E-state index contributed by atoms with van der Waals surface area (Å²) in [6, 6.07) is 18.5. The van der Waals surface area contributed by atoms with Gasteiger partial charge in [0.1, 0.15) is 11.9 Å². The maximum Gasteiger partial charge on any atom is 0.251 e. The van der Waals surface area contributed by atoms with Gasteiger partial charge >= 0.3 is 0 Å². The van der Waals surface area contributed by atoms with Crippen molar-refractivity contribution in [2.45, 2.75) is 51.0 Å². The minimum absolute atomic E-state index is 0.00300. The molecule has 4 heteroatoms. The molecule has 0 spiro atoms. The molecule has 0 radical (unpaired) electrons. The zero-order valence-electron chi connectivity index (χ0n) is 16.3. The number of hydrogen-bond acceptors (Lipinski definition) is 3. The summed E-state index contributed by atoms with van der Waals surface area (Å²) in [5, 5.41) is 11.0. The standard InChI is InChI=1S/C24H24N2O2/c1-3-16-12-18-8-10-19(13-21(18)26-23(16)27)24(2,15-25)14-20-11-9-17-6-4-5-7-22(17)28-20/h4-8,10,12-13,20H,3,9,11,14H2,1-2H3,(H,26,27)/t20-,24+/m1/s1. The van der Waals surface area contributed by atoms with E-state index in [1.54, 1.807) is 0 Å². The first-order valence-corrected chi connectivity index (χ1v) is 9.84. The second-order valence-electron chi connectivity index (χ2n) is 7.81. The number of hydrogen-bond donors (Lipinski definition) is 1. The van der Waals surface area contributed by atoms with Gasteiger partial charge in [0, 0.05) is 17.5 Å². The third kappa shape index (κ3) is 3.29. The molecule has 2 atom stereocenters. The summed E-state index contributed by atoms with van der Waals surface area (Å²) in [5.74, 6) is 0.925. The lowest BCUT2D eigenvalue weighted by molar-refractivity contribution is 0.146. The van der Waals surface area contributed by atoms with Crippen LogP contribution in [0.2, 0.25) is 0 Å².